The second-order valence-electron chi connectivity index (χ2n) is 4.01. The van der Waals surface area contributed by atoms with Crippen molar-refractivity contribution < 1.29 is 33.0 Å². The smallest absolute Gasteiger partial charge is 0.322 e. The summed E-state index contributed by atoms with van der Waals surface area (Å²) in [7, 11) is -4.13. The molecule has 0 amide bonds. The maximum atomic E-state index is 12.0. The number of carboxylic acid groups (broad SMARTS) is 2. The minimum atomic E-state index is -4.13. The summed E-state index contributed by atoms with van der Waals surface area (Å²) >= 11 is 0. The molecule has 8 nitrogen and oxygen atoms in total. The number of carbonyl (C=O) groups is 2. The molecular formula is C12H15NO7S. The Hall–Kier alpha value is -2.13. The second-order valence-corrected chi connectivity index (χ2v) is 5.73. The van der Waals surface area contributed by atoms with Crippen molar-refractivity contribution in [3.05, 3.63) is 24.3 Å². The number of sulfonamides is 1. The van der Waals surface area contributed by atoms with Gasteiger partial charge in [0.2, 0.25) is 10.0 Å². The van der Waals surface area contributed by atoms with Gasteiger partial charge in [-0.3, -0.25) is 9.59 Å². The van der Waals surface area contributed by atoms with Crippen LogP contribution in [0.4, 0.5) is 0 Å². The van der Waals surface area contributed by atoms with Gasteiger partial charge in [-0.05, 0) is 31.2 Å². The second kappa shape index (κ2) is 7.04. The lowest BCUT2D eigenvalue weighted by Gasteiger charge is -2.13. The summed E-state index contributed by atoms with van der Waals surface area (Å²) in [5, 5.41) is 17.4. The molecule has 1 aromatic rings. The lowest BCUT2D eigenvalue weighted by molar-refractivity contribution is -0.145. The molecule has 1 rings (SSSR count). The Morgan fingerprint density at radius 1 is 1.24 bits per heavy atom. The quantitative estimate of drug-likeness (QED) is 0.628. The maximum absolute atomic E-state index is 12.0. The maximum Gasteiger partial charge on any atom is 0.322 e. The monoisotopic (exact) mass is 317 g/mol. The average molecular weight is 317 g/mol. The van der Waals surface area contributed by atoms with Crippen LogP contribution >= 0.6 is 0 Å². The lowest BCUT2D eigenvalue weighted by Crippen LogP contribution is -2.42. The molecule has 1 atom stereocenters. The van der Waals surface area contributed by atoms with Gasteiger partial charge < -0.3 is 14.9 Å². The molecule has 0 saturated heterocycles. The molecular weight excluding hydrogens is 302 g/mol. The predicted octanol–water partition coefficient (Wildman–Crippen LogP) is 0.292. The first-order valence-electron chi connectivity index (χ1n) is 5.96. The fourth-order valence-corrected chi connectivity index (χ4v) is 2.68. The number of benzene rings is 1. The van der Waals surface area contributed by atoms with Crippen LogP contribution in [0.3, 0.4) is 0 Å². The zero-order valence-electron chi connectivity index (χ0n) is 11.1. The molecule has 21 heavy (non-hydrogen) atoms. The number of nitrogens with one attached hydrogen (secondary N) is 1. The molecule has 0 aliphatic rings. The molecule has 0 bridgehead atoms. The topological polar surface area (TPSA) is 130 Å². The van der Waals surface area contributed by atoms with Crippen molar-refractivity contribution in [3.63, 3.8) is 0 Å². The van der Waals surface area contributed by atoms with Crippen molar-refractivity contribution >= 4 is 22.0 Å². The van der Waals surface area contributed by atoms with E-state index < -0.39 is 34.4 Å². The van der Waals surface area contributed by atoms with Crippen molar-refractivity contribution in [2.75, 3.05) is 6.61 Å². The van der Waals surface area contributed by atoms with Gasteiger partial charge in [-0.1, -0.05) is 0 Å². The number of ether oxygens (including phenoxy) is 1. The summed E-state index contributed by atoms with van der Waals surface area (Å²) in [4.78, 5) is 21.2. The van der Waals surface area contributed by atoms with Crippen LogP contribution in [-0.2, 0) is 19.6 Å². The Morgan fingerprint density at radius 3 is 2.24 bits per heavy atom. The molecule has 3 N–H and O–H groups in total. The number of hydrogen-bond donors (Lipinski definition) is 3. The largest absolute Gasteiger partial charge is 0.494 e. The predicted molar refractivity (Wildman–Crippen MR) is 71.6 cm³/mol. The van der Waals surface area contributed by atoms with Crippen molar-refractivity contribution in [2.24, 2.45) is 0 Å². The molecule has 116 valence electrons. The summed E-state index contributed by atoms with van der Waals surface area (Å²) < 4.78 is 31.0. The Balaban J connectivity index is 2.93. The van der Waals surface area contributed by atoms with E-state index in [1.807, 2.05) is 4.72 Å². The van der Waals surface area contributed by atoms with Crippen LogP contribution in [-0.4, -0.2) is 43.2 Å². The summed E-state index contributed by atoms with van der Waals surface area (Å²) in [6, 6.07) is 3.59. The number of hydrogen-bond acceptors (Lipinski definition) is 5. The minimum absolute atomic E-state index is 0.178. The van der Waals surface area contributed by atoms with Crippen LogP contribution < -0.4 is 9.46 Å². The molecule has 0 saturated carbocycles. The first-order chi connectivity index (χ1) is 9.76. The summed E-state index contributed by atoms with van der Waals surface area (Å²) in [5.74, 6) is -2.51. The van der Waals surface area contributed by atoms with E-state index in [-0.39, 0.29) is 4.90 Å². The highest BCUT2D eigenvalue weighted by Crippen LogP contribution is 2.16. The first kappa shape index (κ1) is 16.9. The van der Waals surface area contributed by atoms with Crippen molar-refractivity contribution in [3.8, 4) is 5.75 Å². The van der Waals surface area contributed by atoms with Crippen LogP contribution in [0, 0.1) is 0 Å². The van der Waals surface area contributed by atoms with Gasteiger partial charge in [0, 0.05) is 0 Å². The third-order valence-electron chi connectivity index (χ3n) is 2.42. The van der Waals surface area contributed by atoms with Gasteiger partial charge in [-0.2, -0.15) is 4.72 Å². The Bertz CT molecular complexity index is 609. The fraction of sp³-hybridized carbons (Fsp3) is 0.333. The van der Waals surface area contributed by atoms with Gasteiger partial charge in [-0.15, -0.1) is 0 Å². The van der Waals surface area contributed by atoms with Gasteiger partial charge in [0.15, 0.2) is 0 Å². The number of rotatable bonds is 8. The van der Waals surface area contributed by atoms with E-state index in [0.717, 1.165) is 0 Å². The SMILES string of the molecule is CCOc1ccc(S(=O)(=O)N[C@@H](CC(=O)O)C(=O)O)cc1. The highest BCUT2D eigenvalue weighted by atomic mass is 32.2. The third kappa shape index (κ3) is 5.04. The van der Waals surface area contributed by atoms with Gasteiger partial charge in [-0.25, -0.2) is 8.42 Å². The van der Waals surface area contributed by atoms with Crippen LogP contribution in [0.25, 0.3) is 0 Å². The zero-order chi connectivity index (χ0) is 16.0. The minimum Gasteiger partial charge on any atom is -0.494 e. The van der Waals surface area contributed by atoms with Crippen molar-refractivity contribution in [1.82, 2.24) is 4.72 Å². The molecule has 9 heteroatoms. The Kier molecular flexibility index (Phi) is 5.68. The lowest BCUT2D eigenvalue weighted by atomic mass is 10.2. The van der Waals surface area contributed by atoms with Gasteiger partial charge in [0.25, 0.3) is 0 Å². The van der Waals surface area contributed by atoms with E-state index in [1.54, 1.807) is 6.92 Å². The molecule has 0 aromatic heterocycles. The van der Waals surface area contributed by atoms with Crippen LogP contribution in [0.1, 0.15) is 13.3 Å². The highest BCUT2D eigenvalue weighted by Gasteiger charge is 2.27. The summed E-state index contributed by atoms with van der Waals surface area (Å²) in [5.41, 5.74) is 0. The van der Waals surface area contributed by atoms with E-state index in [9.17, 15) is 18.0 Å². The van der Waals surface area contributed by atoms with Crippen LogP contribution in [0.15, 0.2) is 29.2 Å². The van der Waals surface area contributed by atoms with E-state index in [0.29, 0.717) is 12.4 Å². The van der Waals surface area contributed by atoms with E-state index in [1.165, 1.54) is 24.3 Å². The standard InChI is InChI=1S/C12H15NO7S/c1-2-20-8-3-5-9(6-4-8)21(18,19)13-10(12(16)17)7-11(14)15/h3-6,10,13H,2,7H2,1H3,(H,14,15)(H,16,17)/t10-/m0/s1. The molecule has 0 heterocycles. The van der Waals surface area contributed by atoms with E-state index in [2.05, 4.69) is 0 Å². The number of aliphatic carboxylic acids is 2. The molecule has 0 aliphatic heterocycles. The van der Waals surface area contributed by atoms with Gasteiger partial charge in [0.1, 0.15) is 11.8 Å². The summed E-state index contributed by atoms with van der Waals surface area (Å²) in [6.07, 6.45) is -0.856. The van der Waals surface area contributed by atoms with Crippen LogP contribution in [0.2, 0.25) is 0 Å². The molecule has 0 radical (unpaired) electrons. The molecule has 0 aliphatic carbocycles. The van der Waals surface area contributed by atoms with Crippen molar-refractivity contribution in [1.29, 1.82) is 0 Å². The third-order valence-corrected chi connectivity index (χ3v) is 3.91. The first-order valence-corrected chi connectivity index (χ1v) is 7.44. The van der Waals surface area contributed by atoms with Crippen LogP contribution in [0.5, 0.6) is 5.75 Å². The van der Waals surface area contributed by atoms with E-state index in [4.69, 9.17) is 14.9 Å². The average Bonchev–Trinajstić information content (AvgIpc) is 2.38. The molecule has 0 fully saturated rings. The normalized spacial score (nSPS) is 12.6. The summed E-state index contributed by atoms with van der Waals surface area (Å²) in [6.45, 7) is 2.19. The molecule has 1 aromatic carbocycles. The fourth-order valence-electron chi connectivity index (χ4n) is 1.49. The van der Waals surface area contributed by atoms with Crippen molar-refractivity contribution in [2.45, 2.75) is 24.3 Å². The highest BCUT2D eigenvalue weighted by molar-refractivity contribution is 7.89. The van der Waals surface area contributed by atoms with Gasteiger partial charge >= 0.3 is 11.9 Å². The Labute approximate surface area is 121 Å². The van der Waals surface area contributed by atoms with E-state index >= 15 is 0 Å². The zero-order valence-corrected chi connectivity index (χ0v) is 12.0. The molecule has 0 spiro atoms. The van der Waals surface area contributed by atoms with Gasteiger partial charge in [0.05, 0.1) is 17.9 Å². The number of carboxylic acids is 2. The Morgan fingerprint density at radius 2 is 1.81 bits per heavy atom. The molecule has 0 unspecified atom stereocenters.